The van der Waals surface area contributed by atoms with Crippen LogP contribution in [0.5, 0.6) is 5.88 Å². The van der Waals surface area contributed by atoms with Crippen LogP contribution in [0.2, 0.25) is 5.02 Å². The van der Waals surface area contributed by atoms with Crippen LogP contribution in [0.4, 0.5) is 0 Å². The molecule has 1 aliphatic heterocycles. The fraction of sp³-hybridized carbons (Fsp3) is 0.571. The molecule has 0 radical (unpaired) electrons. The predicted molar refractivity (Wildman–Crippen MR) is 105 cm³/mol. The lowest BCUT2D eigenvalue weighted by Gasteiger charge is -2.15. The van der Waals surface area contributed by atoms with Gasteiger partial charge in [0, 0.05) is 25.0 Å². The third-order valence-electron chi connectivity index (χ3n) is 3.10. The lowest BCUT2D eigenvalue weighted by atomic mass is 10.2. The Morgan fingerprint density at radius 1 is 1.55 bits per heavy atom. The summed E-state index contributed by atoms with van der Waals surface area (Å²) in [4.78, 5) is 8.27. The number of hydrogen-bond acceptors (Lipinski definition) is 4. The summed E-state index contributed by atoms with van der Waals surface area (Å²) in [6.45, 7) is 2.08. The Balaban J connectivity index is 0.00000242. The SMILES string of the molecule is CN=C(NCCOc1ncccc1Cl)NCC1CCCS1.I. The summed E-state index contributed by atoms with van der Waals surface area (Å²) in [5.74, 6) is 2.54. The van der Waals surface area contributed by atoms with Crippen LogP contribution >= 0.6 is 47.3 Å². The number of aromatic nitrogens is 1. The van der Waals surface area contributed by atoms with Crippen molar-refractivity contribution in [2.75, 3.05) is 32.5 Å². The van der Waals surface area contributed by atoms with E-state index in [1.165, 1.54) is 18.6 Å². The van der Waals surface area contributed by atoms with Crippen molar-refractivity contribution in [1.82, 2.24) is 15.6 Å². The summed E-state index contributed by atoms with van der Waals surface area (Å²) in [6, 6.07) is 3.54. The van der Waals surface area contributed by atoms with Crippen LogP contribution < -0.4 is 15.4 Å². The highest BCUT2D eigenvalue weighted by molar-refractivity contribution is 14.0. The molecule has 0 aromatic carbocycles. The van der Waals surface area contributed by atoms with Gasteiger partial charge in [0.2, 0.25) is 5.88 Å². The number of halogens is 2. The van der Waals surface area contributed by atoms with E-state index in [1.54, 1.807) is 25.4 Å². The fourth-order valence-electron chi connectivity index (χ4n) is 2.03. The summed E-state index contributed by atoms with van der Waals surface area (Å²) in [5.41, 5.74) is 0. The van der Waals surface area contributed by atoms with Crippen molar-refractivity contribution < 1.29 is 4.74 Å². The standard InChI is InChI=1S/C14H21ClN4OS.HI/c1-16-14(19-10-11-4-3-9-21-11)18-7-8-20-13-12(15)5-2-6-17-13;/h2,5-6,11H,3-4,7-10H2,1H3,(H2,16,18,19);1H. The van der Waals surface area contributed by atoms with Crippen LogP contribution in [-0.2, 0) is 0 Å². The maximum absolute atomic E-state index is 5.97. The number of nitrogens with zero attached hydrogens (tertiary/aromatic N) is 2. The van der Waals surface area contributed by atoms with E-state index in [4.69, 9.17) is 16.3 Å². The second kappa shape index (κ2) is 11.2. The second-order valence-corrected chi connectivity index (χ2v) is 6.47. The number of nitrogens with one attached hydrogen (secondary N) is 2. The molecule has 2 N–H and O–H groups in total. The van der Waals surface area contributed by atoms with E-state index < -0.39 is 0 Å². The molecule has 1 atom stereocenters. The van der Waals surface area contributed by atoms with Gasteiger partial charge < -0.3 is 15.4 Å². The molecule has 2 heterocycles. The number of hydrogen-bond donors (Lipinski definition) is 2. The first-order chi connectivity index (χ1) is 10.3. The van der Waals surface area contributed by atoms with Gasteiger partial charge in [-0.3, -0.25) is 4.99 Å². The molecule has 1 aromatic heterocycles. The van der Waals surface area contributed by atoms with Crippen LogP contribution in [-0.4, -0.2) is 48.7 Å². The molecule has 0 aliphatic carbocycles. The van der Waals surface area contributed by atoms with E-state index in [1.807, 2.05) is 11.8 Å². The van der Waals surface area contributed by atoms with Crippen molar-refractivity contribution in [3.8, 4) is 5.88 Å². The van der Waals surface area contributed by atoms with Gasteiger partial charge in [-0.25, -0.2) is 4.98 Å². The maximum atomic E-state index is 5.97. The molecule has 1 unspecified atom stereocenters. The largest absolute Gasteiger partial charge is 0.475 e. The van der Waals surface area contributed by atoms with E-state index in [0.29, 0.717) is 29.3 Å². The van der Waals surface area contributed by atoms with E-state index in [2.05, 4.69) is 20.6 Å². The minimum atomic E-state index is 0. The Morgan fingerprint density at radius 3 is 3.09 bits per heavy atom. The van der Waals surface area contributed by atoms with Gasteiger partial charge in [0.15, 0.2) is 5.96 Å². The van der Waals surface area contributed by atoms with E-state index in [0.717, 1.165) is 12.5 Å². The zero-order valence-corrected chi connectivity index (χ0v) is 16.5. The Hall–Kier alpha value is -0.410. The molecule has 0 amide bonds. The van der Waals surface area contributed by atoms with Crippen LogP contribution in [0.15, 0.2) is 23.3 Å². The first-order valence-corrected chi connectivity index (χ1v) is 8.51. The average Bonchev–Trinajstić information content (AvgIpc) is 3.01. The van der Waals surface area contributed by atoms with Gasteiger partial charge in [-0.1, -0.05) is 11.6 Å². The normalized spacial score (nSPS) is 17.7. The number of thioether (sulfide) groups is 1. The summed E-state index contributed by atoms with van der Waals surface area (Å²) in [7, 11) is 1.77. The van der Waals surface area contributed by atoms with Gasteiger partial charge in [0.25, 0.3) is 0 Å². The van der Waals surface area contributed by atoms with Crippen molar-refractivity contribution in [2.45, 2.75) is 18.1 Å². The van der Waals surface area contributed by atoms with Crippen molar-refractivity contribution >= 4 is 53.3 Å². The summed E-state index contributed by atoms with van der Waals surface area (Å²) < 4.78 is 5.52. The van der Waals surface area contributed by atoms with Gasteiger partial charge in [0.05, 0.1) is 6.54 Å². The monoisotopic (exact) mass is 456 g/mol. The molecule has 1 aromatic rings. The topological polar surface area (TPSA) is 58.5 Å². The highest BCUT2D eigenvalue weighted by atomic mass is 127. The van der Waals surface area contributed by atoms with Crippen molar-refractivity contribution in [1.29, 1.82) is 0 Å². The molecule has 5 nitrogen and oxygen atoms in total. The molecular weight excluding hydrogens is 435 g/mol. The van der Waals surface area contributed by atoms with Gasteiger partial charge in [-0.2, -0.15) is 11.8 Å². The Labute approximate surface area is 158 Å². The quantitative estimate of drug-likeness (QED) is 0.298. The first-order valence-electron chi connectivity index (χ1n) is 7.09. The third kappa shape index (κ3) is 6.78. The van der Waals surface area contributed by atoms with Crippen LogP contribution in [0.3, 0.4) is 0 Å². The Morgan fingerprint density at radius 2 is 2.41 bits per heavy atom. The molecule has 1 aliphatic rings. The predicted octanol–water partition coefficient (Wildman–Crippen LogP) is 2.79. The van der Waals surface area contributed by atoms with Crippen LogP contribution in [0.25, 0.3) is 0 Å². The maximum Gasteiger partial charge on any atom is 0.232 e. The molecular formula is C14H22ClIN4OS. The molecule has 1 saturated heterocycles. The Bertz CT molecular complexity index is 472. The number of ether oxygens (including phenoxy) is 1. The van der Waals surface area contributed by atoms with Crippen molar-refractivity contribution in [3.63, 3.8) is 0 Å². The highest BCUT2D eigenvalue weighted by Gasteiger charge is 2.15. The minimum absolute atomic E-state index is 0. The van der Waals surface area contributed by atoms with Crippen LogP contribution in [0, 0.1) is 0 Å². The van der Waals surface area contributed by atoms with Gasteiger partial charge in [-0.05, 0) is 30.7 Å². The summed E-state index contributed by atoms with van der Waals surface area (Å²) in [5, 5.41) is 7.79. The van der Waals surface area contributed by atoms with Gasteiger partial charge in [0.1, 0.15) is 11.6 Å². The highest BCUT2D eigenvalue weighted by Crippen LogP contribution is 2.25. The molecule has 0 bridgehead atoms. The average molecular weight is 457 g/mol. The second-order valence-electron chi connectivity index (χ2n) is 4.65. The molecule has 0 spiro atoms. The molecule has 0 saturated carbocycles. The molecule has 2 rings (SSSR count). The summed E-state index contributed by atoms with van der Waals surface area (Å²) >= 11 is 8.00. The lowest BCUT2D eigenvalue weighted by molar-refractivity contribution is 0.310. The minimum Gasteiger partial charge on any atom is -0.475 e. The number of rotatable bonds is 6. The molecule has 22 heavy (non-hydrogen) atoms. The first kappa shape index (κ1) is 19.6. The zero-order chi connectivity index (χ0) is 14.9. The van der Waals surface area contributed by atoms with E-state index in [9.17, 15) is 0 Å². The lowest BCUT2D eigenvalue weighted by Crippen LogP contribution is -2.41. The molecule has 1 fully saturated rings. The van der Waals surface area contributed by atoms with Crippen molar-refractivity contribution in [3.05, 3.63) is 23.4 Å². The van der Waals surface area contributed by atoms with Gasteiger partial charge in [-0.15, -0.1) is 24.0 Å². The molecule has 124 valence electrons. The zero-order valence-electron chi connectivity index (χ0n) is 12.5. The Kier molecular flexibility index (Phi) is 9.98. The van der Waals surface area contributed by atoms with Gasteiger partial charge >= 0.3 is 0 Å². The molecule has 8 heteroatoms. The smallest absolute Gasteiger partial charge is 0.232 e. The summed E-state index contributed by atoms with van der Waals surface area (Å²) in [6.07, 6.45) is 4.27. The van der Waals surface area contributed by atoms with E-state index >= 15 is 0 Å². The van der Waals surface area contributed by atoms with Crippen LogP contribution in [0.1, 0.15) is 12.8 Å². The number of guanidine groups is 1. The third-order valence-corrected chi connectivity index (χ3v) is 4.79. The number of aliphatic imine (C=N–C) groups is 1. The number of pyridine rings is 1. The van der Waals surface area contributed by atoms with E-state index in [-0.39, 0.29) is 24.0 Å². The fourth-order valence-corrected chi connectivity index (χ4v) is 3.41. The van der Waals surface area contributed by atoms with Crippen molar-refractivity contribution in [2.24, 2.45) is 4.99 Å².